The highest BCUT2D eigenvalue weighted by molar-refractivity contribution is 7.89. The van der Waals surface area contributed by atoms with Crippen LogP contribution in [0.1, 0.15) is 20.3 Å². The highest BCUT2D eigenvalue weighted by Crippen LogP contribution is 2.22. The average Bonchev–Trinajstić information content (AvgIpc) is 2.50. The van der Waals surface area contributed by atoms with Gasteiger partial charge in [-0.3, -0.25) is 4.79 Å². The zero-order valence-electron chi connectivity index (χ0n) is 13.0. The lowest BCUT2D eigenvalue weighted by Crippen LogP contribution is -2.46. The number of terminal acetylenes is 1. The van der Waals surface area contributed by atoms with Gasteiger partial charge in [0.25, 0.3) is 0 Å². The molecule has 0 N–H and O–H groups in total. The van der Waals surface area contributed by atoms with E-state index in [2.05, 4.69) is 5.92 Å². The second-order valence-corrected chi connectivity index (χ2v) is 7.13. The van der Waals surface area contributed by atoms with E-state index < -0.39 is 22.0 Å². The molecule has 120 valence electrons. The minimum absolute atomic E-state index is 0.0999. The van der Waals surface area contributed by atoms with Crippen molar-refractivity contribution < 1.29 is 17.9 Å². The Hall–Kier alpha value is -1.84. The Morgan fingerprint density at radius 3 is 2.36 bits per heavy atom. The van der Waals surface area contributed by atoms with Crippen LogP contribution in [0.25, 0.3) is 0 Å². The summed E-state index contributed by atoms with van der Waals surface area (Å²) >= 11 is 0. The first-order valence-corrected chi connectivity index (χ1v) is 8.36. The summed E-state index contributed by atoms with van der Waals surface area (Å²) < 4.78 is 31.4. The molecule has 0 amide bonds. The molecule has 6 heteroatoms. The molecule has 1 rings (SSSR count). The normalized spacial score (nSPS) is 12.9. The van der Waals surface area contributed by atoms with Crippen molar-refractivity contribution in [2.45, 2.75) is 31.2 Å². The molecule has 5 nitrogen and oxygen atoms in total. The summed E-state index contributed by atoms with van der Waals surface area (Å²) in [5, 5.41) is 0. The number of esters is 1. The van der Waals surface area contributed by atoms with E-state index in [1.54, 1.807) is 18.2 Å². The Bertz CT molecular complexity index is 632. The summed E-state index contributed by atoms with van der Waals surface area (Å²) in [7, 11) is -2.64. The van der Waals surface area contributed by atoms with Gasteiger partial charge in [-0.25, -0.2) is 8.42 Å². The van der Waals surface area contributed by atoms with E-state index in [9.17, 15) is 13.2 Å². The Kier molecular flexibility index (Phi) is 6.60. The van der Waals surface area contributed by atoms with Gasteiger partial charge >= 0.3 is 5.97 Å². The Morgan fingerprint density at radius 1 is 1.32 bits per heavy atom. The van der Waals surface area contributed by atoms with E-state index in [1.807, 2.05) is 13.8 Å². The summed E-state index contributed by atoms with van der Waals surface area (Å²) in [6.07, 6.45) is 5.64. The molecule has 0 saturated carbocycles. The number of sulfonamides is 1. The molecule has 0 fully saturated rings. The Balaban J connectivity index is 3.30. The summed E-state index contributed by atoms with van der Waals surface area (Å²) in [4.78, 5) is 12.1. The van der Waals surface area contributed by atoms with E-state index >= 15 is 0 Å². The van der Waals surface area contributed by atoms with Crippen LogP contribution in [-0.4, -0.2) is 38.4 Å². The number of hydrogen-bond acceptors (Lipinski definition) is 4. The molecule has 22 heavy (non-hydrogen) atoms. The Morgan fingerprint density at radius 2 is 1.91 bits per heavy atom. The van der Waals surface area contributed by atoms with Crippen molar-refractivity contribution in [1.29, 1.82) is 0 Å². The number of ether oxygens (including phenoxy) is 1. The minimum atomic E-state index is -3.87. The third-order valence-electron chi connectivity index (χ3n) is 3.11. The predicted molar refractivity (Wildman–Crippen MR) is 84.4 cm³/mol. The molecule has 1 aromatic carbocycles. The molecule has 0 bridgehead atoms. The lowest BCUT2D eigenvalue weighted by atomic mass is 10.0. The first kappa shape index (κ1) is 18.2. The molecule has 0 radical (unpaired) electrons. The van der Waals surface area contributed by atoms with E-state index in [0.717, 1.165) is 4.31 Å². The topological polar surface area (TPSA) is 63.7 Å². The molecule has 1 aromatic rings. The van der Waals surface area contributed by atoms with Crippen LogP contribution < -0.4 is 0 Å². The standard InChI is InChI=1S/C16H21NO4S/c1-5-11-17(15(12-13(2)3)16(18)21-4)22(19,20)14-9-7-6-8-10-14/h1,6-10,13,15H,11-12H2,2-4H3. The fourth-order valence-electron chi connectivity index (χ4n) is 2.09. The van der Waals surface area contributed by atoms with Gasteiger partial charge in [-0.1, -0.05) is 38.0 Å². The SMILES string of the molecule is C#CCN(C(CC(C)C)C(=O)OC)S(=O)(=O)c1ccccc1. The van der Waals surface area contributed by atoms with Crippen molar-refractivity contribution in [3.8, 4) is 12.3 Å². The summed E-state index contributed by atoms with van der Waals surface area (Å²) in [6, 6.07) is 6.97. The van der Waals surface area contributed by atoms with Gasteiger partial charge in [0.05, 0.1) is 18.6 Å². The molecule has 0 aliphatic heterocycles. The molecule has 0 aliphatic carbocycles. The highest BCUT2D eigenvalue weighted by Gasteiger charge is 2.36. The quantitative estimate of drug-likeness (QED) is 0.568. The first-order chi connectivity index (χ1) is 10.3. The lowest BCUT2D eigenvalue weighted by molar-refractivity contribution is -0.145. The van der Waals surface area contributed by atoms with Crippen molar-refractivity contribution in [2.24, 2.45) is 5.92 Å². The number of hydrogen-bond donors (Lipinski definition) is 0. The molecule has 1 atom stereocenters. The fraction of sp³-hybridized carbons (Fsp3) is 0.438. The summed E-state index contributed by atoms with van der Waals surface area (Å²) in [5.41, 5.74) is 0. The molecule has 0 spiro atoms. The zero-order valence-corrected chi connectivity index (χ0v) is 13.8. The molecule has 0 aliphatic rings. The maximum absolute atomic E-state index is 12.8. The van der Waals surface area contributed by atoms with Gasteiger partial charge in [0.1, 0.15) is 6.04 Å². The molecule has 0 aromatic heterocycles. The number of nitrogens with zero attached hydrogens (tertiary/aromatic N) is 1. The van der Waals surface area contributed by atoms with Gasteiger partial charge < -0.3 is 4.74 Å². The monoisotopic (exact) mass is 323 g/mol. The molecular weight excluding hydrogens is 302 g/mol. The largest absolute Gasteiger partial charge is 0.468 e. The van der Waals surface area contributed by atoms with Crippen LogP contribution in [0.5, 0.6) is 0 Å². The second-order valence-electron chi connectivity index (χ2n) is 5.24. The number of carbonyl (C=O) groups is 1. The third-order valence-corrected chi connectivity index (χ3v) is 4.98. The fourth-order valence-corrected chi connectivity index (χ4v) is 3.62. The first-order valence-electron chi connectivity index (χ1n) is 6.92. The van der Waals surface area contributed by atoms with E-state index in [1.165, 1.54) is 19.2 Å². The molecule has 0 heterocycles. The zero-order chi connectivity index (χ0) is 16.8. The van der Waals surface area contributed by atoms with Gasteiger partial charge in [0, 0.05) is 0 Å². The van der Waals surface area contributed by atoms with Crippen LogP contribution in [0.4, 0.5) is 0 Å². The van der Waals surface area contributed by atoms with Crippen LogP contribution in [0.15, 0.2) is 35.2 Å². The van der Waals surface area contributed by atoms with Gasteiger partial charge in [0.15, 0.2) is 0 Å². The van der Waals surface area contributed by atoms with Crippen molar-refractivity contribution in [1.82, 2.24) is 4.31 Å². The van der Waals surface area contributed by atoms with E-state index in [4.69, 9.17) is 11.2 Å². The molecule has 0 saturated heterocycles. The lowest BCUT2D eigenvalue weighted by Gasteiger charge is -2.28. The van der Waals surface area contributed by atoms with Gasteiger partial charge in [-0.2, -0.15) is 4.31 Å². The predicted octanol–water partition coefficient (Wildman–Crippen LogP) is 1.90. The minimum Gasteiger partial charge on any atom is -0.468 e. The van der Waals surface area contributed by atoms with Crippen molar-refractivity contribution in [2.75, 3.05) is 13.7 Å². The molecule has 1 unspecified atom stereocenters. The van der Waals surface area contributed by atoms with Crippen LogP contribution in [0.2, 0.25) is 0 Å². The van der Waals surface area contributed by atoms with E-state index in [-0.39, 0.29) is 17.4 Å². The Labute approximate surface area is 132 Å². The van der Waals surface area contributed by atoms with Gasteiger partial charge in [-0.05, 0) is 24.5 Å². The van der Waals surface area contributed by atoms with Crippen molar-refractivity contribution in [3.05, 3.63) is 30.3 Å². The molecular formula is C16H21NO4S. The number of methoxy groups -OCH3 is 1. The average molecular weight is 323 g/mol. The van der Waals surface area contributed by atoms with Gasteiger partial charge in [0.2, 0.25) is 10.0 Å². The number of carbonyl (C=O) groups excluding carboxylic acids is 1. The van der Waals surface area contributed by atoms with E-state index in [0.29, 0.717) is 6.42 Å². The number of rotatable bonds is 7. The smallest absolute Gasteiger partial charge is 0.324 e. The van der Waals surface area contributed by atoms with Crippen LogP contribution in [0.3, 0.4) is 0 Å². The van der Waals surface area contributed by atoms with Gasteiger partial charge in [-0.15, -0.1) is 6.42 Å². The van der Waals surface area contributed by atoms with Crippen molar-refractivity contribution in [3.63, 3.8) is 0 Å². The third kappa shape index (κ3) is 4.33. The summed E-state index contributed by atoms with van der Waals surface area (Å²) in [5.74, 6) is 1.81. The number of benzene rings is 1. The maximum atomic E-state index is 12.8. The second kappa shape index (κ2) is 7.97. The van der Waals surface area contributed by atoms with Crippen LogP contribution in [0, 0.1) is 18.3 Å². The maximum Gasteiger partial charge on any atom is 0.324 e. The highest BCUT2D eigenvalue weighted by atomic mass is 32.2. The van der Waals surface area contributed by atoms with Crippen molar-refractivity contribution >= 4 is 16.0 Å². The summed E-state index contributed by atoms with van der Waals surface area (Å²) in [6.45, 7) is 3.61. The van der Waals surface area contributed by atoms with Crippen LogP contribution in [-0.2, 0) is 19.6 Å². The van der Waals surface area contributed by atoms with Crippen LogP contribution >= 0.6 is 0 Å².